The van der Waals surface area contributed by atoms with Gasteiger partial charge in [-0.25, -0.2) is 0 Å². The second-order valence-electron chi connectivity index (χ2n) is 3.00. The first-order chi connectivity index (χ1) is 5.74. The predicted octanol–water partition coefficient (Wildman–Crippen LogP) is 0.773. The molecular formula is C9H15NO2. The quantitative estimate of drug-likeness (QED) is 0.655. The molecule has 3 heteroatoms. The third-order valence-electron chi connectivity index (χ3n) is 1.55. The standard InChI is InChI=1S/C9H15NO2/c1-7(2)12-9-4-3-5-10-8(9)6-11/h3-5,7-8,10-11H,6H2,1-2H3. The number of aliphatic hydroxyl groups excluding tert-OH is 1. The van der Waals surface area contributed by atoms with Crippen molar-refractivity contribution in [3.05, 3.63) is 24.1 Å². The summed E-state index contributed by atoms with van der Waals surface area (Å²) >= 11 is 0. The molecule has 0 aromatic heterocycles. The zero-order valence-electron chi connectivity index (χ0n) is 7.45. The van der Waals surface area contributed by atoms with Gasteiger partial charge in [0.15, 0.2) is 0 Å². The summed E-state index contributed by atoms with van der Waals surface area (Å²) in [6, 6.07) is -0.0857. The van der Waals surface area contributed by atoms with Gasteiger partial charge in [-0.1, -0.05) is 0 Å². The average Bonchev–Trinajstić information content (AvgIpc) is 2.04. The molecule has 0 saturated carbocycles. The van der Waals surface area contributed by atoms with Gasteiger partial charge < -0.3 is 15.2 Å². The van der Waals surface area contributed by atoms with E-state index in [4.69, 9.17) is 9.84 Å². The van der Waals surface area contributed by atoms with Crippen molar-refractivity contribution in [2.45, 2.75) is 26.0 Å². The summed E-state index contributed by atoms with van der Waals surface area (Å²) < 4.78 is 5.48. The molecule has 0 radical (unpaired) electrons. The zero-order chi connectivity index (χ0) is 8.97. The van der Waals surface area contributed by atoms with E-state index in [1.165, 1.54) is 0 Å². The molecule has 1 heterocycles. The Hall–Kier alpha value is -0.960. The van der Waals surface area contributed by atoms with Gasteiger partial charge in [0.05, 0.1) is 12.7 Å². The van der Waals surface area contributed by atoms with E-state index in [1.54, 1.807) is 6.20 Å². The Balaban J connectivity index is 2.57. The normalized spacial score (nSPS) is 22.0. The molecule has 0 aromatic carbocycles. The van der Waals surface area contributed by atoms with Crippen LogP contribution in [-0.2, 0) is 4.74 Å². The minimum Gasteiger partial charge on any atom is -0.493 e. The highest BCUT2D eigenvalue weighted by Gasteiger charge is 2.15. The highest BCUT2D eigenvalue weighted by Crippen LogP contribution is 2.10. The number of aliphatic hydroxyl groups is 1. The van der Waals surface area contributed by atoms with Crippen LogP contribution in [0.3, 0.4) is 0 Å². The van der Waals surface area contributed by atoms with Crippen molar-refractivity contribution in [2.24, 2.45) is 0 Å². The van der Waals surface area contributed by atoms with E-state index in [2.05, 4.69) is 5.32 Å². The summed E-state index contributed by atoms with van der Waals surface area (Å²) in [5.41, 5.74) is 0. The topological polar surface area (TPSA) is 41.5 Å². The van der Waals surface area contributed by atoms with Crippen LogP contribution in [0.4, 0.5) is 0 Å². The molecule has 12 heavy (non-hydrogen) atoms. The number of hydrogen-bond acceptors (Lipinski definition) is 3. The molecule has 1 aliphatic rings. The molecule has 1 unspecified atom stereocenters. The first kappa shape index (κ1) is 9.13. The Morgan fingerprint density at radius 2 is 2.42 bits per heavy atom. The molecular weight excluding hydrogens is 154 g/mol. The number of rotatable bonds is 3. The fraction of sp³-hybridized carbons (Fsp3) is 0.556. The van der Waals surface area contributed by atoms with E-state index in [-0.39, 0.29) is 18.8 Å². The highest BCUT2D eigenvalue weighted by atomic mass is 16.5. The molecule has 3 nitrogen and oxygen atoms in total. The average molecular weight is 169 g/mol. The molecule has 0 bridgehead atoms. The first-order valence-electron chi connectivity index (χ1n) is 4.14. The van der Waals surface area contributed by atoms with E-state index in [0.717, 1.165) is 5.76 Å². The highest BCUT2D eigenvalue weighted by molar-refractivity contribution is 5.18. The smallest absolute Gasteiger partial charge is 0.121 e. The molecule has 0 fully saturated rings. The Morgan fingerprint density at radius 3 is 3.00 bits per heavy atom. The van der Waals surface area contributed by atoms with Gasteiger partial charge in [0.2, 0.25) is 0 Å². The van der Waals surface area contributed by atoms with Gasteiger partial charge in [0, 0.05) is 0 Å². The fourth-order valence-electron chi connectivity index (χ4n) is 1.05. The van der Waals surface area contributed by atoms with Crippen molar-refractivity contribution in [3.63, 3.8) is 0 Å². The van der Waals surface area contributed by atoms with Crippen LogP contribution in [0.25, 0.3) is 0 Å². The minimum atomic E-state index is -0.0857. The summed E-state index contributed by atoms with van der Waals surface area (Å²) in [5, 5.41) is 12.0. The lowest BCUT2D eigenvalue weighted by Crippen LogP contribution is -2.33. The third-order valence-corrected chi connectivity index (χ3v) is 1.55. The van der Waals surface area contributed by atoms with Gasteiger partial charge in [-0.2, -0.15) is 0 Å². The van der Waals surface area contributed by atoms with Crippen molar-refractivity contribution in [1.82, 2.24) is 5.32 Å². The Labute approximate surface area is 72.7 Å². The van der Waals surface area contributed by atoms with Crippen LogP contribution < -0.4 is 5.32 Å². The predicted molar refractivity (Wildman–Crippen MR) is 47.5 cm³/mol. The van der Waals surface area contributed by atoms with Crippen LogP contribution in [0.1, 0.15) is 13.8 Å². The molecule has 0 spiro atoms. The molecule has 68 valence electrons. The maximum Gasteiger partial charge on any atom is 0.121 e. The summed E-state index contributed by atoms with van der Waals surface area (Å²) in [5.74, 6) is 0.801. The van der Waals surface area contributed by atoms with E-state index >= 15 is 0 Å². The van der Waals surface area contributed by atoms with Crippen molar-refractivity contribution in [1.29, 1.82) is 0 Å². The SMILES string of the molecule is CC(C)OC1=CC=CNC1CO. The second-order valence-corrected chi connectivity index (χ2v) is 3.00. The monoisotopic (exact) mass is 169 g/mol. The molecule has 0 aliphatic carbocycles. The van der Waals surface area contributed by atoms with Crippen molar-refractivity contribution in [3.8, 4) is 0 Å². The number of hydrogen-bond donors (Lipinski definition) is 2. The Morgan fingerprint density at radius 1 is 1.67 bits per heavy atom. The number of allylic oxidation sites excluding steroid dienone is 2. The maximum absolute atomic E-state index is 8.96. The zero-order valence-corrected chi connectivity index (χ0v) is 7.45. The number of ether oxygens (including phenoxy) is 1. The van der Waals surface area contributed by atoms with Gasteiger partial charge in [0.25, 0.3) is 0 Å². The van der Waals surface area contributed by atoms with E-state index in [1.807, 2.05) is 26.0 Å². The van der Waals surface area contributed by atoms with Crippen molar-refractivity contribution >= 4 is 0 Å². The van der Waals surface area contributed by atoms with E-state index in [9.17, 15) is 0 Å². The molecule has 1 aliphatic heterocycles. The van der Waals surface area contributed by atoms with E-state index < -0.39 is 0 Å². The first-order valence-corrected chi connectivity index (χ1v) is 4.14. The van der Waals surface area contributed by atoms with Gasteiger partial charge in [-0.05, 0) is 32.2 Å². The molecule has 0 aromatic rings. The molecule has 0 saturated heterocycles. The van der Waals surface area contributed by atoms with Gasteiger partial charge in [-0.15, -0.1) is 0 Å². The van der Waals surface area contributed by atoms with Crippen LogP contribution in [0.5, 0.6) is 0 Å². The lowest BCUT2D eigenvalue weighted by Gasteiger charge is -2.23. The van der Waals surface area contributed by atoms with Crippen LogP contribution in [0.2, 0.25) is 0 Å². The minimum absolute atomic E-state index is 0.0584. The fourth-order valence-corrected chi connectivity index (χ4v) is 1.05. The largest absolute Gasteiger partial charge is 0.493 e. The second kappa shape index (κ2) is 4.16. The van der Waals surface area contributed by atoms with Crippen LogP contribution in [0, 0.1) is 0 Å². The number of dihydropyridines is 1. The van der Waals surface area contributed by atoms with Crippen LogP contribution in [-0.4, -0.2) is 23.9 Å². The molecule has 0 amide bonds. The summed E-state index contributed by atoms with van der Waals surface area (Å²) in [6.07, 6.45) is 5.69. The molecule has 2 N–H and O–H groups in total. The number of nitrogens with one attached hydrogen (secondary N) is 1. The Bertz CT molecular complexity index is 197. The third kappa shape index (κ3) is 2.27. The van der Waals surface area contributed by atoms with Crippen LogP contribution in [0.15, 0.2) is 24.1 Å². The van der Waals surface area contributed by atoms with Gasteiger partial charge in [-0.3, -0.25) is 0 Å². The Kier molecular flexibility index (Phi) is 3.17. The van der Waals surface area contributed by atoms with Crippen molar-refractivity contribution in [2.75, 3.05) is 6.61 Å². The molecule has 1 rings (SSSR count). The van der Waals surface area contributed by atoms with Gasteiger partial charge in [0.1, 0.15) is 11.8 Å². The summed E-state index contributed by atoms with van der Waals surface area (Å²) in [4.78, 5) is 0. The summed E-state index contributed by atoms with van der Waals surface area (Å²) in [6.45, 7) is 3.99. The lowest BCUT2D eigenvalue weighted by atomic mass is 10.2. The summed E-state index contributed by atoms with van der Waals surface area (Å²) in [7, 11) is 0. The molecule has 1 atom stereocenters. The van der Waals surface area contributed by atoms with Gasteiger partial charge >= 0.3 is 0 Å². The lowest BCUT2D eigenvalue weighted by molar-refractivity contribution is 0.112. The van der Waals surface area contributed by atoms with Crippen molar-refractivity contribution < 1.29 is 9.84 Å². The van der Waals surface area contributed by atoms with E-state index in [0.29, 0.717) is 0 Å². The maximum atomic E-state index is 8.96. The van der Waals surface area contributed by atoms with Crippen LogP contribution >= 0.6 is 0 Å².